The van der Waals surface area contributed by atoms with Crippen molar-refractivity contribution in [3.8, 4) is 0 Å². The zero-order valence-electron chi connectivity index (χ0n) is 13.1. The van der Waals surface area contributed by atoms with Crippen LogP contribution < -0.4 is 5.01 Å². The topological polar surface area (TPSA) is 15.6 Å². The van der Waals surface area contributed by atoms with E-state index in [1.807, 2.05) is 77.8 Å². The molecule has 118 valence electrons. The van der Waals surface area contributed by atoms with Crippen molar-refractivity contribution in [1.29, 1.82) is 0 Å². The first-order valence-electron chi connectivity index (χ1n) is 8.04. The lowest BCUT2D eigenvalue weighted by Gasteiger charge is -2.17. The van der Waals surface area contributed by atoms with Crippen LogP contribution in [0.4, 0.5) is 10.1 Å². The van der Waals surface area contributed by atoms with Crippen LogP contribution in [-0.4, -0.2) is 12.3 Å². The van der Waals surface area contributed by atoms with Crippen molar-refractivity contribution in [2.24, 2.45) is 5.10 Å². The third kappa shape index (κ3) is 2.69. The largest absolute Gasteiger partial charge is 0.264 e. The molecule has 3 aromatic carbocycles. The Hall–Kier alpha value is -2.94. The molecular formula is C21H17FN2. The second-order valence-electron chi connectivity index (χ2n) is 5.84. The van der Waals surface area contributed by atoms with Crippen molar-refractivity contribution in [2.75, 3.05) is 11.6 Å². The second-order valence-corrected chi connectivity index (χ2v) is 5.84. The summed E-state index contributed by atoms with van der Waals surface area (Å²) in [5.74, 6) is -0.269. The zero-order valence-corrected chi connectivity index (χ0v) is 13.1. The van der Waals surface area contributed by atoms with Gasteiger partial charge in [0.2, 0.25) is 0 Å². The summed E-state index contributed by atoms with van der Waals surface area (Å²) < 4.78 is 14.4. The van der Waals surface area contributed by atoms with Gasteiger partial charge in [-0.25, -0.2) is 4.39 Å². The van der Waals surface area contributed by atoms with E-state index < -0.39 is 0 Å². The summed E-state index contributed by atoms with van der Waals surface area (Å²) in [5, 5.41) is 6.77. The van der Waals surface area contributed by atoms with Crippen molar-refractivity contribution in [3.63, 3.8) is 0 Å². The number of hydrazone groups is 1. The highest BCUT2D eigenvalue weighted by atomic mass is 19.1. The van der Waals surface area contributed by atoms with E-state index in [0.29, 0.717) is 12.1 Å². The van der Waals surface area contributed by atoms with E-state index in [4.69, 9.17) is 5.10 Å². The molecule has 2 nitrogen and oxygen atoms in total. The van der Waals surface area contributed by atoms with Crippen LogP contribution in [0.5, 0.6) is 0 Å². The Morgan fingerprint density at radius 3 is 2.12 bits per heavy atom. The molecule has 0 saturated heterocycles. The number of hydrogen-bond acceptors (Lipinski definition) is 2. The lowest BCUT2D eigenvalue weighted by Crippen LogP contribution is -2.19. The molecule has 3 heteroatoms. The van der Waals surface area contributed by atoms with Gasteiger partial charge in [0.25, 0.3) is 0 Å². The fraction of sp³-hybridized carbons (Fsp3) is 0.0952. The molecule has 0 aliphatic carbocycles. The van der Waals surface area contributed by atoms with E-state index in [9.17, 15) is 4.39 Å². The average Bonchev–Trinajstić information content (AvgIpc) is 3.09. The van der Waals surface area contributed by atoms with Gasteiger partial charge >= 0.3 is 0 Å². The number of anilines is 1. The minimum Gasteiger partial charge on any atom is -0.264 e. The summed E-state index contributed by atoms with van der Waals surface area (Å²) >= 11 is 0. The van der Waals surface area contributed by atoms with E-state index in [2.05, 4.69) is 0 Å². The standard InChI is InChI=1S/C21H17FN2/c22-20-14-8-7-13-18(20)19-15-24(17-11-5-2-6-12-17)23-21(19)16-9-3-1-4-10-16/h1-14,19H,15H2. The van der Waals surface area contributed by atoms with Crippen LogP contribution in [0, 0.1) is 5.82 Å². The van der Waals surface area contributed by atoms with Gasteiger partial charge < -0.3 is 0 Å². The molecule has 1 heterocycles. The maximum absolute atomic E-state index is 14.4. The molecule has 1 aliphatic rings. The van der Waals surface area contributed by atoms with Crippen molar-refractivity contribution in [3.05, 3.63) is 102 Å². The van der Waals surface area contributed by atoms with Crippen LogP contribution in [-0.2, 0) is 0 Å². The first-order chi connectivity index (χ1) is 11.8. The predicted octanol–water partition coefficient (Wildman–Crippen LogP) is 4.83. The summed E-state index contributed by atoms with van der Waals surface area (Å²) in [5.41, 5.74) is 3.65. The van der Waals surface area contributed by atoms with E-state index in [1.165, 1.54) is 6.07 Å². The monoisotopic (exact) mass is 316 g/mol. The van der Waals surface area contributed by atoms with Gasteiger partial charge in [-0.15, -0.1) is 0 Å². The molecule has 3 aromatic rings. The Balaban J connectivity index is 1.79. The van der Waals surface area contributed by atoms with Crippen LogP contribution in [0.1, 0.15) is 17.0 Å². The van der Waals surface area contributed by atoms with Crippen LogP contribution >= 0.6 is 0 Å². The minimum absolute atomic E-state index is 0.0891. The molecule has 0 radical (unpaired) electrons. The number of benzene rings is 3. The summed E-state index contributed by atoms with van der Waals surface area (Å²) in [6.07, 6.45) is 0. The van der Waals surface area contributed by atoms with Crippen LogP contribution in [0.3, 0.4) is 0 Å². The fourth-order valence-corrected chi connectivity index (χ4v) is 3.13. The zero-order chi connectivity index (χ0) is 16.4. The molecule has 0 aromatic heterocycles. The van der Waals surface area contributed by atoms with Crippen molar-refractivity contribution >= 4 is 11.4 Å². The third-order valence-corrected chi connectivity index (χ3v) is 4.32. The van der Waals surface area contributed by atoms with Crippen LogP contribution in [0.15, 0.2) is 90.0 Å². The van der Waals surface area contributed by atoms with E-state index in [1.54, 1.807) is 6.07 Å². The summed E-state index contributed by atoms with van der Waals surface area (Å²) in [6.45, 7) is 0.634. The maximum atomic E-state index is 14.4. The Morgan fingerprint density at radius 1 is 0.792 bits per heavy atom. The second kappa shape index (κ2) is 6.28. The number of para-hydroxylation sites is 1. The first kappa shape index (κ1) is 14.6. The van der Waals surface area contributed by atoms with Gasteiger partial charge in [-0.05, 0) is 29.3 Å². The van der Waals surface area contributed by atoms with Crippen LogP contribution in [0.25, 0.3) is 0 Å². The quantitative estimate of drug-likeness (QED) is 0.675. The Labute approximate surface area is 140 Å². The molecule has 0 amide bonds. The Bertz CT molecular complexity index is 859. The Kier molecular flexibility index (Phi) is 3.83. The SMILES string of the molecule is Fc1ccccc1C1CN(c2ccccc2)N=C1c1ccccc1. The average molecular weight is 316 g/mol. The highest BCUT2D eigenvalue weighted by molar-refractivity contribution is 6.07. The van der Waals surface area contributed by atoms with E-state index >= 15 is 0 Å². The molecule has 24 heavy (non-hydrogen) atoms. The fourth-order valence-electron chi connectivity index (χ4n) is 3.13. The lowest BCUT2D eigenvalue weighted by molar-refractivity contribution is 0.605. The number of nitrogens with zero attached hydrogens (tertiary/aromatic N) is 2. The number of hydrogen-bond donors (Lipinski definition) is 0. The minimum atomic E-state index is -0.180. The smallest absolute Gasteiger partial charge is 0.127 e. The normalized spacial score (nSPS) is 17.0. The van der Waals surface area contributed by atoms with Crippen molar-refractivity contribution in [2.45, 2.75) is 5.92 Å². The summed E-state index contributed by atoms with van der Waals surface area (Å²) in [4.78, 5) is 0. The van der Waals surface area contributed by atoms with Gasteiger partial charge in [0, 0.05) is 0 Å². The van der Waals surface area contributed by atoms with Crippen LogP contribution in [0.2, 0.25) is 0 Å². The highest BCUT2D eigenvalue weighted by Crippen LogP contribution is 2.32. The van der Waals surface area contributed by atoms with Gasteiger partial charge in [-0.3, -0.25) is 5.01 Å². The summed E-state index contributed by atoms with van der Waals surface area (Å²) in [6, 6.07) is 27.0. The van der Waals surface area contributed by atoms with Gasteiger partial charge in [-0.2, -0.15) is 5.10 Å². The van der Waals surface area contributed by atoms with Gasteiger partial charge in [0.05, 0.1) is 23.9 Å². The highest BCUT2D eigenvalue weighted by Gasteiger charge is 2.31. The molecule has 1 aliphatic heterocycles. The molecular weight excluding hydrogens is 299 g/mol. The first-order valence-corrected chi connectivity index (χ1v) is 8.04. The molecule has 0 spiro atoms. The van der Waals surface area contributed by atoms with Gasteiger partial charge in [-0.1, -0.05) is 66.7 Å². The predicted molar refractivity (Wildman–Crippen MR) is 95.9 cm³/mol. The van der Waals surface area contributed by atoms with E-state index in [0.717, 1.165) is 17.0 Å². The lowest BCUT2D eigenvalue weighted by atomic mass is 9.90. The van der Waals surface area contributed by atoms with Crippen molar-refractivity contribution in [1.82, 2.24) is 0 Å². The molecule has 1 unspecified atom stereocenters. The van der Waals surface area contributed by atoms with E-state index in [-0.39, 0.29) is 11.7 Å². The molecule has 0 N–H and O–H groups in total. The molecule has 0 bridgehead atoms. The number of rotatable bonds is 3. The molecule has 1 atom stereocenters. The third-order valence-electron chi connectivity index (χ3n) is 4.32. The Morgan fingerprint density at radius 2 is 1.42 bits per heavy atom. The molecule has 0 fully saturated rings. The number of halogens is 1. The molecule has 4 rings (SSSR count). The summed E-state index contributed by atoms with van der Waals surface area (Å²) in [7, 11) is 0. The molecule has 0 saturated carbocycles. The van der Waals surface area contributed by atoms with Gasteiger partial charge in [0.15, 0.2) is 0 Å². The van der Waals surface area contributed by atoms with Crippen molar-refractivity contribution < 1.29 is 4.39 Å². The maximum Gasteiger partial charge on any atom is 0.127 e. The van der Waals surface area contributed by atoms with Gasteiger partial charge in [0.1, 0.15) is 5.82 Å².